The lowest BCUT2D eigenvalue weighted by Crippen LogP contribution is -2.60. The van der Waals surface area contributed by atoms with Crippen LogP contribution in [0.2, 0.25) is 0 Å². The largest absolute Gasteiger partial charge is 0.391 e. The van der Waals surface area contributed by atoms with Crippen LogP contribution in [0.1, 0.15) is 69.2 Å². The highest BCUT2D eigenvalue weighted by molar-refractivity contribution is 5.98. The van der Waals surface area contributed by atoms with E-state index in [0.717, 1.165) is 54.5 Å². The summed E-state index contributed by atoms with van der Waals surface area (Å²) in [5, 5.41) is 43.8. The zero-order chi connectivity index (χ0) is 42.0. The molecular weight excluding hydrogens is 719 g/mol. The third-order valence-corrected chi connectivity index (χ3v) is 11.4. The number of hydrogen-bond acceptors (Lipinski definition) is 6. The van der Waals surface area contributed by atoms with Gasteiger partial charge >= 0.3 is 0 Å². The summed E-state index contributed by atoms with van der Waals surface area (Å²) >= 11 is 0. The highest BCUT2D eigenvalue weighted by atomic mass is 16.3. The first-order valence-electron chi connectivity index (χ1n) is 20.9. The molecule has 0 bridgehead atoms. The summed E-state index contributed by atoms with van der Waals surface area (Å²) in [5.41, 5.74) is 5.91. The van der Waals surface area contributed by atoms with Crippen LogP contribution in [0.5, 0.6) is 0 Å². The SMILES string of the molecule is CCc1ccc(C[N+](CCO)(CCO)CC[N+](CCO)(CCO)Cc2ccc(C[N+](C)(C)CCNC(=O)c3ccc(C(=O)CCCC[N+](C)(C)C)cc3)cc2)cc1. The molecule has 5 N–H and O–H groups in total. The van der Waals surface area contributed by atoms with E-state index < -0.39 is 0 Å². The van der Waals surface area contributed by atoms with E-state index >= 15 is 0 Å². The molecular formula is C46H75N5O6+4. The molecule has 0 unspecified atom stereocenters. The molecule has 0 fully saturated rings. The number of amides is 1. The molecule has 0 aliphatic heterocycles. The van der Waals surface area contributed by atoms with Gasteiger partial charge in [0.2, 0.25) is 0 Å². The molecule has 3 rings (SSSR count). The van der Waals surface area contributed by atoms with Gasteiger partial charge < -0.3 is 43.7 Å². The van der Waals surface area contributed by atoms with Crippen molar-refractivity contribution in [2.24, 2.45) is 0 Å². The first-order chi connectivity index (χ1) is 27.1. The van der Waals surface area contributed by atoms with E-state index in [1.807, 2.05) is 0 Å². The second-order valence-electron chi connectivity index (χ2n) is 17.8. The van der Waals surface area contributed by atoms with Crippen LogP contribution in [0, 0.1) is 0 Å². The molecule has 0 aliphatic rings. The van der Waals surface area contributed by atoms with Crippen LogP contribution in [-0.4, -0.2) is 171 Å². The number of Topliss-reactive ketones (excluding diaryl/α,β-unsaturated/α-hetero) is 1. The molecule has 57 heavy (non-hydrogen) atoms. The summed E-state index contributed by atoms with van der Waals surface area (Å²) in [5.74, 6) is -0.0361. The van der Waals surface area contributed by atoms with E-state index in [1.165, 1.54) is 11.1 Å². The van der Waals surface area contributed by atoms with Crippen molar-refractivity contribution in [3.8, 4) is 0 Å². The zero-order valence-electron chi connectivity index (χ0n) is 36.0. The van der Waals surface area contributed by atoms with Gasteiger partial charge in [-0.2, -0.15) is 0 Å². The summed E-state index contributed by atoms with van der Waals surface area (Å²) in [6.07, 6.45) is 3.35. The summed E-state index contributed by atoms with van der Waals surface area (Å²) in [7, 11) is 10.8. The van der Waals surface area contributed by atoms with Gasteiger partial charge in [-0.25, -0.2) is 0 Å². The fourth-order valence-electron chi connectivity index (χ4n) is 7.79. The van der Waals surface area contributed by atoms with Crippen LogP contribution >= 0.6 is 0 Å². The van der Waals surface area contributed by atoms with Gasteiger partial charge in [0, 0.05) is 34.2 Å². The lowest BCUT2D eigenvalue weighted by atomic mass is 10.0. The van der Waals surface area contributed by atoms with Gasteiger partial charge in [-0.3, -0.25) is 9.59 Å². The highest BCUT2D eigenvalue weighted by Gasteiger charge is 2.35. The van der Waals surface area contributed by atoms with Crippen LogP contribution < -0.4 is 5.32 Å². The van der Waals surface area contributed by atoms with E-state index in [2.05, 4.69) is 96.0 Å². The van der Waals surface area contributed by atoms with Crippen molar-refractivity contribution >= 4 is 11.7 Å². The van der Waals surface area contributed by atoms with Gasteiger partial charge in [0.05, 0.1) is 81.3 Å². The molecule has 0 radical (unpaired) electrons. The number of carbonyl (C=O) groups excluding carboxylic acids is 2. The van der Waals surface area contributed by atoms with Crippen molar-refractivity contribution in [3.05, 3.63) is 106 Å². The third kappa shape index (κ3) is 16.7. The Hall–Kier alpha value is -3.52. The predicted molar refractivity (Wildman–Crippen MR) is 228 cm³/mol. The van der Waals surface area contributed by atoms with Gasteiger partial charge in [0.25, 0.3) is 5.91 Å². The molecule has 3 aromatic rings. The smallest absolute Gasteiger partial charge is 0.251 e. The minimum atomic E-state index is -0.150. The lowest BCUT2D eigenvalue weighted by molar-refractivity contribution is -0.993. The number of rotatable bonds is 28. The van der Waals surface area contributed by atoms with Crippen molar-refractivity contribution in [2.45, 2.75) is 52.2 Å². The van der Waals surface area contributed by atoms with E-state index in [1.54, 1.807) is 24.3 Å². The molecule has 11 heteroatoms. The lowest BCUT2D eigenvalue weighted by Gasteiger charge is -2.43. The van der Waals surface area contributed by atoms with E-state index in [4.69, 9.17) is 0 Å². The average molecular weight is 794 g/mol. The second kappa shape index (κ2) is 23.2. The summed E-state index contributed by atoms with van der Waals surface area (Å²) < 4.78 is 2.58. The highest BCUT2D eigenvalue weighted by Crippen LogP contribution is 2.22. The van der Waals surface area contributed by atoms with Crippen molar-refractivity contribution in [3.63, 3.8) is 0 Å². The molecule has 316 valence electrons. The Morgan fingerprint density at radius 2 is 0.930 bits per heavy atom. The van der Waals surface area contributed by atoms with Crippen LogP contribution in [-0.2, 0) is 26.1 Å². The fraction of sp³-hybridized carbons (Fsp3) is 0.565. The Balaban J connectivity index is 1.59. The van der Waals surface area contributed by atoms with Gasteiger partial charge in [0.1, 0.15) is 58.9 Å². The van der Waals surface area contributed by atoms with E-state index in [9.17, 15) is 30.0 Å². The molecule has 0 aromatic heterocycles. The average Bonchev–Trinajstić information content (AvgIpc) is 3.16. The molecule has 0 atom stereocenters. The number of aliphatic hydroxyl groups excluding tert-OH is 4. The Labute approximate surface area is 343 Å². The number of nitrogens with zero attached hydrogens (tertiary/aromatic N) is 4. The van der Waals surface area contributed by atoms with Crippen LogP contribution in [0.4, 0.5) is 0 Å². The summed E-state index contributed by atoms with van der Waals surface area (Å²) in [4.78, 5) is 25.6. The molecule has 0 saturated heterocycles. The first-order valence-corrected chi connectivity index (χ1v) is 20.9. The number of quaternary nitrogens is 4. The normalized spacial score (nSPS) is 12.5. The standard InChI is InChI=1S/C46H74N5O6/c1-7-39-11-13-41(14-12-39)37-50(28-32-52,29-33-53)26-27-51(30-34-54,31-35-55)38-42-17-15-40(16-18-42)36-49(5,6)25-23-47-46(57)44-21-19-43(20-22-44)45(56)10-8-9-24-48(2,3)4/h11-22,52-55H,7-10,23-38H2,1-6H3/q+3/p+1. The maximum atomic E-state index is 12.9. The quantitative estimate of drug-likeness (QED) is 0.0435. The van der Waals surface area contributed by atoms with Crippen molar-refractivity contribution in [1.82, 2.24) is 5.32 Å². The number of aryl methyl sites for hydroxylation is 1. The van der Waals surface area contributed by atoms with Crippen molar-refractivity contribution < 1.29 is 47.9 Å². The number of unbranched alkanes of at least 4 members (excludes halogenated alkanes) is 1. The number of carbonyl (C=O) groups is 2. The number of ketones is 1. The second-order valence-corrected chi connectivity index (χ2v) is 17.8. The van der Waals surface area contributed by atoms with Gasteiger partial charge in [-0.1, -0.05) is 67.6 Å². The molecule has 11 nitrogen and oxygen atoms in total. The molecule has 0 aliphatic carbocycles. The maximum absolute atomic E-state index is 12.9. The Bertz CT molecular complexity index is 1610. The minimum Gasteiger partial charge on any atom is -0.391 e. The molecule has 0 saturated carbocycles. The molecule has 1 amide bonds. The predicted octanol–water partition coefficient (Wildman–Crippen LogP) is 3.62. The molecule has 0 spiro atoms. The fourth-order valence-corrected chi connectivity index (χ4v) is 7.79. The third-order valence-electron chi connectivity index (χ3n) is 11.4. The van der Waals surface area contributed by atoms with E-state index in [0.29, 0.717) is 89.9 Å². The van der Waals surface area contributed by atoms with Gasteiger partial charge in [0.15, 0.2) is 5.78 Å². The molecule has 0 heterocycles. The monoisotopic (exact) mass is 794 g/mol. The Morgan fingerprint density at radius 1 is 0.509 bits per heavy atom. The molecule has 3 aromatic carbocycles. The Kier molecular flexibility index (Phi) is 19.5. The number of likely N-dealkylation sites (N-methyl/N-ethyl adjacent to an activating group) is 1. The van der Waals surface area contributed by atoms with Crippen LogP contribution in [0.15, 0.2) is 72.8 Å². The van der Waals surface area contributed by atoms with Crippen molar-refractivity contribution in [1.29, 1.82) is 0 Å². The van der Waals surface area contributed by atoms with Crippen LogP contribution in [0.25, 0.3) is 0 Å². The number of benzene rings is 3. The zero-order valence-corrected chi connectivity index (χ0v) is 36.0. The topological polar surface area (TPSA) is 127 Å². The number of hydrogen-bond donors (Lipinski definition) is 5. The maximum Gasteiger partial charge on any atom is 0.251 e. The number of aliphatic hydroxyl groups is 4. The van der Waals surface area contributed by atoms with E-state index in [-0.39, 0.29) is 38.1 Å². The Morgan fingerprint density at radius 3 is 1.35 bits per heavy atom. The van der Waals surface area contributed by atoms with Gasteiger partial charge in [-0.15, -0.1) is 0 Å². The first kappa shape index (κ1) is 47.9. The van der Waals surface area contributed by atoms with Gasteiger partial charge in [-0.05, 0) is 37.0 Å². The summed E-state index contributed by atoms with van der Waals surface area (Å²) in [6, 6.07) is 24.1. The summed E-state index contributed by atoms with van der Waals surface area (Å²) in [6.45, 7) is 9.83. The van der Waals surface area contributed by atoms with Crippen molar-refractivity contribution in [2.75, 3.05) is 121 Å². The minimum absolute atomic E-state index is 0.00473. The number of nitrogens with one attached hydrogen (secondary N) is 1. The van der Waals surface area contributed by atoms with Crippen LogP contribution in [0.3, 0.4) is 0 Å².